The zero-order valence-electron chi connectivity index (χ0n) is 7.92. The molecule has 12 heavy (non-hydrogen) atoms. The fourth-order valence-corrected chi connectivity index (χ4v) is 1.36. The van der Waals surface area contributed by atoms with Crippen molar-refractivity contribution in [2.75, 3.05) is 27.2 Å². The molecule has 70 valence electrons. The fraction of sp³-hybridized carbons (Fsp3) is 0.875. The van der Waals surface area contributed by atoms with E-state index in [0.29, 0.717) is 12.6 Å². The van der Waals surface area contributed by atoms with Crippen molar-refractivity contribution in [1.82, 2.24) is 15.5 Å². The fourth-order valence-electron chi connectivity index (χ4n) is 1.36. The Morgan fingerprint density at radius 3 is 3.00 bits per heavy atom. The van der Waals surface area contributed by atoms with Crippen molar-refractivity contribution in [2.45, 2.75) is 19.0 Å². The summed E-state index contributed by atoms with van der Waals surface area (Å²) >= 11 is 0. The van der Waals surface area contributed by atoms with Crippen molar-refractivity contribution >= 4 is 5.91 Å². The number of likely N-dealkylation sites (N-methyl/N-ethyl adjacent to an activating group) is 2. The van der Waals surface area contributed by atoms with Gasteiger partial charge in [0.2, 0.25) is 5.91 Å². The van der Waals surface area contributed by atoms with Crippen molar-refractivity contribution in [2.24, 2.45) is 0 Å². The standard InChI is InChI=1S/C8H17N3O/c1-6-4-10-7(5-9-2)8(12)11(6)3/h6-7,9-10H,4-5H2,1-3H3. The van der Waals surface area contributed by atoms with Crippen LogP contribution in [0.2, 0.25) is 0 Å². The van der Waals surface area contributed by atoms with Crippen LogP contribution >= 0.6 is 0 Å². The van der Waals surface area contributed by atoms with Gasteiger partial charge in [-0.05, 0) is 14.0 Å². The number of nitrogens with zero attached hydrogens (tertiary/aromatic N) is 1. The number of rotatable bonds is 2. The van der Waals surface area contributed by atoms with Crippen LogP contribution in [0.5, 0.6) is 0 Å². The molecule has 1 amide bonds. The molecule has 1 aliphatic rings. The first kappa shape index (κ1) is 9.48. The normalized spacial score (nSPS) is 30.9. The number of nitrogens with one attached hydrogen (secondary N) is 2. The lowest BCUT2D eigenvalue weighted by molar-refractivity contribution is -0.136. The highest BCUT2D eigenvalue weighted by atomic mass is 16.2. The Morgan fingerprint density at radius 2 is 2.42 bits per heavy atom. The SMILES string of the molecule is CNCC1NCC(C)N(C)C1=O. The van der Waals surface area contributed by atoms with E-state index in [1.807, 2.05) is 21.0 Å². The summed E-state index contributed by atoms with van der Waals surface area (Å²) in [6.07, 6.45) is 0. The Hall–Kier alpha value is -0.610. The lowest BCUT2D eigenvalue weighted by Gasteiger charge is -2.35. The van der Waals surface area contributed by atoms with E-state index in [0.717, 1.165) is 6.54 Å². The van der Waals surface area contributed by atoms with Crippen molar-refractivity contribution in [1.29, 1.82) is 0 Å². The molecule has 2 atom stereocenters. The molecule has 2 unspecified atom stereocenters. The topological polar surface area (TPSA) is 44.4 Å². The first-order valence-corrected chi connectivity index (χ1v) is 4.31. The van der Waals surface area contributed by atoms with Crippen molar-refractivity contribution < 1.29 is 4.79 Å². The summed E-state index contributed by atoms with van der Waals surface area (Å²) in [6.45, 7) is 3.63. The largest absolute Gasteiger partial charge is 0.340 e. The number of carbonyl (C=O) groups excluding carboxylic acids is 1. The van der Waals surface area contributed by atoms with Gasteiger partial charge < -0.3 is 15.5 Å². The van der Waals surface area contributed by atoms with Crippen LogP contribution in [-0.4, -0.2) is 50.1 Å². The summed E-state index contributed by atoms with van der Waals surface area (Å²) in [5.41, 5.74) is 0. The summed E-state index contributed by atoms with van der Waals surface area (Å²) in [5, 5.41) is 6.19. The second kappa shape index (κ2) is 3.87. The Morgan fingerprint density at radius 1 is 1.75 bits per heavy atom. The highest BCUT2D eigenvalue weighted by Gasteiger charge is 2.29. The zero-order valence-corrected chi connectivity index (χ0v) is 7.92. The molecule has 0 aromatic heterocycles. The Labute approximate surface area is 73.3 Å². The molecule has 1 aliphatic heterocycles. The number of hydrogen-bond donors (Lipinski definition) is 2. The highest BCUT2D eigenvalue weighted by molar-refractivity contribution is 5.83. The van der Waals surface area contributed by atoms with E-state index in [4.69, 9.17) is 0 Å². The molecular weight excluding hydrogens is 154 g/mol. The quantitative estimate of drug-likeness (QED) is 0.561. The first-order valence-electron chi connectivity index (χ1n) is 4.31. The lowest BCUT2D eigenvalue weighted by Crippen LogP contribution is -2.60. The minimum Gasteiger partial charge on any atom is -0.340 e. The smallest absolute Gasteiger partial charge is 0.241 e. The van der Waals surface area contributed by atoms with Crippen LogP contribution in [-0.2, 0) is 4.79 Å². The molecule has 0 radical (unpaired) electrons. The van der Waals surface area contributed by atoms with Gasteiger partial charge in [-0.15, -0.1) is 0 Å². The van der Waals surface area contributed by atoms with Gasteiger partial charge in [0.15, 0.2) is 0 Å². The monoisotopic (exact) mass is 171 g/mol. The van der Waals surface area contributed by atoms with Crippen molar-refractivity contribution in [3.8, 4) is 0 Å². The molecule has 0 aromatic rings. The van der Waals surface area contributed by atoms with Crippen LogP contribution < -0.4 is 10.6 Å². The maximum Gasteiger partial charge on any atom is 0.241 e. The molecule has 0 aromatic carbocycles. The van der Waals surface area contributed by atoms with E-state index in [-0.39, 0.29) is 11.9 Å². The average molecular weight is 171 g/mol. The van der Waals surface area contributed by atoms with Crippen LogP contribution in [0.3, 0.4) is 0 Å². The Balaban J connectivity index is 2.53. The van der Waals surface area contributed by atoms with E-state index in [1.165, 1.54) is 0 Å². The lowest BCUT2D eigenvalue weighted by atomic mass is 10.1. The number of hydrogen-bond acceptors (Lipinski definition) is 3. The van der Waals surface area contributed by atoms with Gasteiger partial charge in [0, 0.05) is 26.2 Å². The second-order valence-corrected chi connectivity index (χ2v) is 3.32. The Bertz CT molecular complexity index is 172. The molecule has 4 nitrogen and oxygen atoms in total. The van der Waals surface area contributed by atoms with Crippen LogP contribution in [0, 0.1) is 0 Å². The van der Waals surface area contributed by atoms with E-state index >= 15 is 0 Å². The van der Waals surface area contributed by atoms with Crippen LogP contribution in [0.15, 0.2) is 0 Å². The number of piperazine rings is 1. The summed E-state index contributed by atoms with van der Waals surface area (Å²) in [5.74, 6) is 0.183. The zero-order chi connectivity index (χ0) is 9.14. The Kier molecular flexibility index (Phi) is 3.05. The van der Waals surface area contributed by atoms with E-state index < -0.39 is 0 Å². The van der Waals surface area contributed by atoms with Gasteiger partial charge in [-0.2, -0.15) is 0 Å². The van der Waals surface area contributed by atoms with Crippen LogP contribution in [0.1, 0.15) is 6.92 Å². The van der Waals surface area contributed by atoms with E-state index in [1.54, 1.807) is 4.90 Å². The summed E-state index contributed by atoms with van der Waals surface area (Å²) in [4.78, 5) is 13.4. The van der Waals surface area contributed by atoms with Gasteiger partial charge in [-0.25, -0.2) is 0 Å². The molecule has 0 saturated carbocycles. The maximum atomic E-state index is 11.5. The van der Waals surface area contributed by atoms with Gasteiger partial charge in [-0.1, -0.05) is 0 Å². The molecule has 4 heteroatoms. The van der Waals surface area contributed by atoms with Gasteiger partial charge in [0.25, 0.3) is 0 Å². The predicted molar refractivity (Wildman–Crippen MR) is 47.9 cm³/mol. The molecule has 0 spiro atoms. The van der Waals surface area contributed by atoms with E-state index in [2.05, 4.69) is 10.6 Å². The van der Waals surface area contributed by atoms with Crippen LogP contribution in [0.4, 0.5) is 0 Å². The highest BCUT2D eigenvalue weighted by Crippen LogP contribution is 2.04. The van der Waals surface area contributed by atoms with E-state index in [9.17, 15) is 4.79 Å². The molecule has 2 N–H and O–H groups in total. The third kappa shape index (κ3) is 1.76. The number of amides is 1. The molecule has 0 aliphatic carbocycles. The van der Waals surface area contributed by atoms with Crippen molar-refractivity contribution in [3.05, 3.63) is 0 Å². The average Bonchev–Trinajstić information content (AvgIpc) is 2.07. The molecular formula is C8H17N3O. The molecule has 1 heterocycles. The third-order valence-corrected chi connectivity index (χ3v) is 2.37. The van der Waals surface area contributed by atoms with Crippen molar-refractivity contribution in [3.63, 3.8) is 0 Å². The van der Waals surface area contributed by atoms with Gasteiger partial charge in [0.1, 0.15) is 0 Å². The van der Waals surface area contributed by atoms with Gasteiger partial charge >= 0.3 is 0 Å². The molecule has 0 bridgehead atoms. The van der Waals surface area contributed by atoms with Gasteiger partial charge in [-0.3, -0.25) is 4.79 Å². The molecule has 1 saturated heterocycles. The molecule has 1 rings (SSSR count). The van der Waals surface area contributed by atoms with Gasteiger partial charge in [0.05, 0.1) is 6.04 Å². The third-order valence-electron chi connectivity index (χ3n) is 2.37. The first-order chi connectivity index (χ1) is 5.66. The minimum atomic E-state index is -0.0452. The van der Waals surface area contributed by atoms with Crippen LogP contribution in [0.25, 0.3) is 0 Å². The maximum absolute atomic E-state index is 11.5. The summed E-state index contributed by atoms with van der Waals surface area (Å²) in [6, 6.07) is 0.266. The minimum absolute atomic E-state index is 0.0452. The summed E-state index contributed by atoms with van der Waals surface area (Å²) in [7, 11) is 3.71. The molecule has 1 fully saturated rings. The predicted octanol–water partition coefficient (Wildman–Crippen LogP) is -0.975. The second-order valence-electron chi connectivity index (χ2n) is 3.32. The number of carbonyl (C=O) groups is 1. The summed E-state index contributed by atoms with van der Waals surface area (Å²) < 4.78 is 0.